The van der Waals surface area contributed by atoms with Crippen molar-refractivity contribution in [2.75, 3.05) is 0 Å². The number of rotatable bonds is 7. The molecule has 6 heteroatoms. The highest BCUT2D eigenvalue weighted by atomic mass is 28.4. The van der Waals surface area contributed by atoms with Crippen molar-refractivity contribution in [2.24, 2.45) is 0 Å². The van der Waals surface area contributed by atoms with Crippen molar-refractivity contribution in [3.05, 3.63) is 48.0 Å². The molecular weight excluding hydrogens is 382 g/mol. The molecule has 0 aliphatic carbocycles. The van der Waals surface area contributed by atoms with Crippen LogP contribution in [0.25, 0.3) is 0 Å². The van der Waals surface area contributed by atoms with Gasteiger partial charge in [-0.1, -0.05) is 57.2 Å². The minimum absolute atomic E-state index is 0.369. The fraction of sp³-hybridized carbons (Fsp3) is 0.565. The first-order valence-corrected chi connectivity index (χ1v) is 13.0. The van der Waals surface area contributed by atoms with Crippen molar-refractivity contribution in [3.63, 3.8) is 0 Å². The van der Waals surface area contributed by atoms with Gasteiger partial charge < -0.3 is 9.16 Å². The predicted octanol–water partition coefficient (Wildman–Crippen LogP) is 5.63. The van der Waals surface area contributed by atoms with Crippen LogP contribution in [0.3, 0.4) is 0 Å². The lowest BCUT2D eigenvalue weighted by atomic mass is 9.88. The van der Waals surface area contributed by atoms with Crippen LogP contribution in [-0.2, 0) is 19.6 Å². The highest BCUT2D eigenvalue weighted by Gasteiger charge is 2.50. The molecule has 160 valence electrons. The van der Waals surface area contributed by atoms with Gasteiger partial charge in [-0.05, 0) is 51.4 Å². The normalized spacial score (nSPS) is 19.3. The zero-order chi connectivity index (χ0) is 21.9. The van der Waals surface area contributed by atoms with E-state index in [1.807, 2.05) is 37.3 Å². The Morgan fingerprint density at radius 2 is 1.59 bits per heavy atom. The van der Waals surface area contributed by atoms with Gasteiger partial charge in [0, 0.05) is 6.08 Å². The maximum absolute atomic E-state index is 12.9. The van der Waals surface area contributed by atoms with Crippen molar-refractivity contribution in [2.45, 2.75) is 83.8 Å². The highest BCUT2D eigenvalue weighted by molar-refractivity contribution is 6.73. The molecule has 1 aliphatic rings. The molecule has 0 radical (unpaired) electrons. The van der Waals surface area contributed by atoms with E-state index in [0.29, 0.717) is 0 Å². The number of benzene rings is 1. The van der Waals surface area contributed by atoms with E-state index in [1.165, 1.54) is 11.0 Å². The first kappa shape index (κ1) is 23.4. The maximum Gasteiger partial charge on any atom is 0.417 e. The Hall–Kier alpha value is -1.92. The lowest BCUT2D eigenvalue weighted by Crippen LogP contribution is -2.56. The van der Waals surface area contributed by atoms with Gasteiger partial charge in [-0.2, -0.15) is 0 Å². The molecule has 0 fully saturated rings. The summed E-state index contributed by atoms with van der Waals surface area (Å²) in [7, 11) is -2.06. The van der Waals surface area contributed by atoms with E-state index >= 15 is 0 Å². The van der Waals surface area contributed by atoms with Gasteiger partial charge in [0.2, 0.25) is 0 Å². The molecule has 2 rings (SSSR count). The zero-order valence-corrected chi connectivity index (χ0v) is 19.8. The Bertz CT molecular complexity index is 744. The second kappa shape index (κ2) is 8.84. The molecule has 2 atom stereocenters. The van der Waals surface area contributed by atoms with Crippen molar-refractivity contribution in [1.29, 1.82) is 0 Å². The Labute approximate surface area is 176 Å². The Kier molecular flexibility index (Phi) is 7.12. The van der Waals surface area contributed by atoms with Crippen LogP contribution >= 0.6 is 0 Å². The maximum atomic E-state index is 12.9. The van der Waals surface area contributed by atoms with Gasteiger partial charge >= 0.3 is 6.09 Å². The van der Waals surface area contributed by atoms with Gasteiger partial charge in [0.05, 0.1) is 6.04 Å². The minimum atomic E-state index is -2.06. The molecule has 1 aromatic rings. The number of ether oxygens (including phenoxy) is 1. The molecule has 0 aromatic heterocycles. The summed E-state index contributed by atoms with van der Waals surface area (Å²) in [5.74, 6) is -0.369. The summed E-state index contributed by atoms with van der Waals surface area (Å²) >= 11 is 0. The molecule has 0 saturated carbocycles. The molecule has 29 heavy (non-hydrogen) atoms. The van der Waals surface area contributed by atoms with Gasteiger partial charge in [-0.3, -0.25) is 4.79 Å². The molecule has 0 unspecified atom stereocenters. The van der Waals surface area contributed by atoms with Crippen LogP contribution < -0.4 is 0 Å². The van der Waals surface area contributed by atoms with Crippen molar-refractivity contribution in [1.82, 2.24) is 4.90 Å². The topological polar surface area (TPSA) is 55.8 Å². The third-order valence-corrected chi connectivity index (χ3v) is 10.5. The highest BCUT2D eigenvalue weighted by Crippen LogP contribution is 2.41. The lowest BCUT2D eigenvalue weighted by Gasteiger charge is -2.45. The van der Waals surface area contributed by atoms with Gasteiger partial charge in [0.25, 0.3) is 5.91 Å². The number of hydrogen-bond acceptors (Lipinski definition) is 4. The van der Waals surface area contributed by atoms with Crippen molar-refractivity contribution in [3.8, 4) is 0 Å². The van der Waals surface area contributed by atoms with Crippen LogP contribution in [0.5, 0.6) is 0 Å². The number of amides is 2. The summed E-state index contributed by atoms with van der Waals surface area (Å²) in [4.78, 5) is 26.8. The summed E-state index contributed by atoms with van der Waals surface area (Å²) in [6.45, 7) is 13.9. The molecule has 1 aromatic carbocycles. The van der Waals surface area contributed by atoms with Crippen LogP contribution in [-0.4, -0.2) is 36.9 Å². The zero-order valence-electron chi connectivity index (χ0n) is 18.8. The van der Waals surface area contributed by atoms with Gasteiger partial charge in [-0.15, -0.1) is 0 Å². The van der Waals surface area contributed by atoms with E-state index in [4.69, 9.17) is 9.16 Å². The Balaban J connectivity index is 2.54. The SMILES string of the molecule is CC[Si](CC)(CC)O[C@@](C)(c1ccccc1)[C@@H]1C=CC(=O)N1C(=O)OC(C)(C)C. The smallest absolute Gasteiger partial charge is 0.417 e. The average molecular weight is 418 g/mol. The van der Waals surface area contributed by atoms with E-state index in [1.54, 1.807) is 26.8 Å². The van der Waals surface area contributed by atoms with Gasteiger partial charge in [0.1, 0.15) is 11.2 Å². The number of hydrogen-bond donors (Lipinski definition) is 0. The minimum Gasteiger partial charge on any atom is -0.443 e. The van der Waals surface area contributed by atoms with Crippen LogP contribution in [0.2, 0.25) is 18.1 Å². The molecule has 2 amide bonds. The second-order valence-corrected chi connectivity index (χ2v) is 13.5. The van der Waals surface area contributed by atoms with E-state index < -0.39 is 31.7 Å². The first-order chi connectivity index (χ1) is 13.5. The monoisotopic (exact) mass is 417 g/mol. The fourth-order valence-corrected chi connectivity index (χ4v) is 6.97. The summed E-state index contributed by atoms with van der Waals surface area (Å²) in [5.41, 5.74) is -0.594. The summed E-state index contributed by atoms with van der Waals surface area (Å²) in [6.07, 6.45) is 2.59. The summed E-state index contributed by atoms with van der Waals surface area (Å²) in [5, 5.41) is 0. The molecule has 0 spiro atoms. The number of nitrogens with zero attached hydrogens (tertiary/aromatic N) is 1. The number of carbonyl (C=O) groups is 2. The molecule has 0 bridgehead atoms. The Morgan fingerprint density at radius 3 is 2.07 bits per heavy atom. The first-order valence-electron chi connectivity index (χ1n) is 10.5. The molecule has 0 saturated heterocycles. The van der Waals surface area contributed by atoms with Crippen molar-refractivity contribution < 1.29 is 18.8 Å². The van der Waals surface area contributed by atoms with Crippen LogP contribution in [0.15, 0.2) is 42.5 Å². The predicted molar refractivity (Wildman–Crippen MR) is 118 cm³/mol. The molecule has 1 aliphatic heterocycles. The average Bonchev–Trinajstić information content (AvgIpc) is 3.08. The van der Waals surface area contributed by atoms with Crippen molar-refractivity contribution >= 4 is 20.3 Å². The molecular formula is C23H35NO4Si. The summed E-state index contributed by atoms with van der Waals surface area (Å²) < 4.78 is 12.5. The van der Waals surface area contributed by atoms with Gasteiger partial charge in [0.15, 0.2) is 8.32 Å². The van der Waals surface area contributed by atoms with Gasteiger partial charge in [-0.25, -0.2) is 9.69 Å². The molecule has 0 N–H and O–H groups in total. The fourth-order valence-electron chi connectivity index (χ4n) is 3.90. The van der Waals surface area contributed by atoms with Crippen LogP contribution in [0.1, 0.15) is 54.0 Å². The van der Waals surface area contributed by atoms with E-state index in [-0.39, 0.29) is 5.91 Å². The van der Waals surface area contributed by atoms with Crippen LogP contribution in [0.4, 0.5) is 4.79 Å². The quantitative estimate of drug-likeness (QED) is 0.540. The third kappa shape index (κ3) is 4.98. The van der Waals surface area contributed by atoms with E-state index in [2.05, 4.69) is 20.8 Å². The third-order valence-electron chi connectivity index (χ3n) is 5.80. The second-order valence-electron chi connectivity index (χ2n) is 8.81. The largest absolute Gasteiger partial charge is 0.443 e. The van der Waals surface area contributed by atoms with E-state index in [0.717, 1.165) is 23.7 Å². The summed E-state index contributed by atoms with van der Waals surface area (Å²) in [6, 6.07) is 12.2. The molecule has 1 heterocycles. The number of imide groups is 1. The molecule has 5 nitrogen and oxygen atoms in total. The standard InChI is InChI=1S/C23H35NO4Si/c1-8-29(9-2,10-3)28-23(7,18-14-12-11-13-15-18)19-16-17-20(25)24(19)21(26)27-22(4,5)6/h11-17,19H,8-10H2,1-7H3/t19-,23-/m0/s1. The number of carbonyl (C=O) groups excluding carboxylic acids is 2. The van der Waals surface area contributed by atoms with E-state index in [9.17, 15) is 9.59 Å². The lowest BCUT2D eigenvalue weighted by molar-refractivity contribution is -0.129. The van der Waals surface area contributed by atoms with Crippen LogP contribution in [0, 0.1) is 0 Å². The Morgan fingerprint density at radius 1 is 1.03 bits per heavy atom.